The van der Waals surface area contributed by atoms with Crippen LogP contribution in [0.4, 0.5) is 5.69 Å². The molecule has 0 spiro atoms. The highest BCUT2D eigenvalue weighted by Crippen LogP contribution is 2.43. The summed E-state index contributed by atoms with van der Waals surface area (Å²) in [6, 6.07) is 64.9. The van der Waals surface area contributed by atoms with Crippen molar-refractivity contribution in [3.8, 4) is 28.2 Å². The normalized spacial score (nSPS) is 11.8. The minimum absolute atomic E-state index is 0.638. The van der Waals surface area contributed by atoms with Crippen LogP contribution in [0, 0.1) is 6.57 Å². The van der Waals surface area contributed by atoms with Crippen LogP contribution < -0.4 is 0 Å². The van der Waals surface area contributed by atoms with Gasteiger partial charge in [0.05, 0.1) is 39.7 Å². The zero-order chi connectivity index (χ0) is 35.0. The predicted molar refractivity (Wildman–Crippen MR) is 221 cm³/mol. The maximum Gasteiger partial charge on any atom is 0.188 e. The van der Waals surface area contributed by atoms with E-state index in [1.54, 1.807) is 0 Å². The van der Waals surface area contributed by atoms with Crippen molar-refractivity contribution in [3.05, 3.63) is 193 Å². The predicted octanol–water partition coefficient (Wildman–Crippen LogP) is 13.2. The van der Waals surface area contributed by atoms with Crippen LogP contribution >= 0.6 is 0 Å². The van der Waals surface area contributed by atoms with Crippen molar-refractivity contribution in [2.45, 2.75) is 0 Å². The van der Waals surface area contributed by atoms with Gasteiger partial charge in [0.1, 0.15) is 0 Å². The van der Waals surface area contributed by atoms with E-state index in [1.807, 2.05) is 12.1 Å². The molecule has 11 rings (SSSR count). The maximum atomic E-state index is 7.83. The first-order chi connectivity index (χ1) is 26.3. The molecule has 0 fully saturated rings. The zero-order valence-electron chi connectivity index (χ0n) is 28.6. The molecule has 8 aromatic carbocycles. The van der Waals surface area contributed by atoms with Crippen molar-refractivity contribution >= 4 is 71.1 Å². The fraction of sp³-hybridized carbons (Fsp3) is 0. The van der Waals surface area contributed by atoms with Crippen molar-refractivity contribution in [1.29, 1.82) is 0 Å². The highest BCUT2D eigenvalue weighted by atomic mass is 15.0. The van der Waals surface area contributed by atoms with E-state index in [1.165, 1.54) is 32.6 Å². The maximum absolute atomic E-state index is 7.83. The van der Waals surface area contributed by atoms with E-state index in [-0.39, 0.29) is 0 Å². The molecule has 4 heteroatoms. The Labute approximate surface area is 305 Å². The summed E-state index contributed by atoms with van der Waals surface area (Å²) in [5, 5.41) is 7.10. The van der Waals surface area contributed by atoms with Crippen molar-refractivity contribution in [2.75, 3.05) is 0 Å². The quantitative estimate of drug-likeness (QED) is 0.166. The second kappa shape index (κ2) is 11.3. The lowest BCUT2D eigenvalue weighted by Crippen LogP contribution is -1.96. The fourth-order valence-electron chi connectivity index (χ4n) is 8.59. The number of aromatic nitrogens is 3. The second-order valence-corrected chi connectivity index (χ2v) is 13.7. The summed E-state index contributed by atoms with van der Waals surface area (Å²) < 4.78 is 7.15. The third-order valence-corrected chi connectivity index (χ3v) is 10.8. The van der Waals surface area contributed by atoms with Crippen molar-refractivity contribution in [2.24, 2.45) is 0 Å². The number of rotatable bonds is 4. The second-order valence-electron chi connectivity index (χ2n) is 13.7. The lowest BCUT2D eigenvalue weighted by Gasteiger charge is -2.13. The summed E-state index contributed by atoms with van der Waals surface area (Å²) in [6.45, 7) is 7.83. The minimum atomic E-state index is 0.638. The van der Waals surface area contributed by atoms with E-state index in [0.29, 0.717) is 5.69 Å². The molecular formula is C49H30N4. The van der Waals surface area contributed by atoms with E-state index >= 15 is 0 Å². The highest BCUT2D eigenvalue weighted by Gasteiger charge is 2.21. The van der Waals surface area contributed by atoms with Gasteiger partial charge in [-0.25, -0.2) is 4.85 Å². The molecule has 0 radical (unpaired) electrons. The summed E-state index contributed by atoms with van der Waals surface area (Å²) in [5.74, 6) is 0. The van der Waals surface area contributed by atoms with Crippen molar-refractivity contribution in [1.82, 2.24) is 13.7 Å². The number of fused-ring (bicyclic) bond motifs is 10. The van der Waals surface area contributed by atoms with Gasteiger partial charge in [-0.1, -0.05) is 109 Å². The summed E-state index contributed by atoms with van der Waals surface area (Å²) >= 11 is 0. The summed E-state index contributed by atoms with van der Waals surface area (Å²) in [4.78, 5) is 3.82. The third kappa shape index (κ3) is 4.29. The van der Waals surface area contributed by atoms with E-state index < -0.39 is 0 Å². The molecule has 0 amide bonds. The lowest BCUT2D eigenvalue weighted by molar-refractivity contribution is 1.17. The smallest absolute Gasteiger partial charge is 0.188 e. The molecule has 0 saturated carbocycles. The minimum Gasteiger partial charge on any atom is -0.309 e. The standard InChI is InChI=1S/C49H30N4/c1-50-34-25-27-46-42(31-34)40-26-28-47-48(41-21-7-10-24-45(41)51(47)35-15-3-2-4-16-35)49(40)53(46)37-18-12-14-33(30-37)32-13-11-17-36(29-32)52-43-22-8-5-19-38(43)39-20-6-9-23-44(39)52/h2-31H. The lowest BCUT2D eigenvalue weighted by atomic mass is 10.0. The van der Waals surface area contributed by atoms with Gasteiger partial charge in [-0.15, -0.1) is 0 Å². The average molecular weight is 675 g/mol. The van der Waals surface area contributed by atoms with Gasteiger partial charge in [0, 0.05) is 44.0 Å². The number of para-hydroxylation sites is 4. The Bertz CT molecular complexity index is 3240. The Morgan fingerprint density at radius 1 is 0.340 bits per heavy atom. The van der Waals surface area contributed by atoms with Gasteiger partial charge in [0.2, 0.25) is 0 Å². The van der Waals surface area contributed by atoms with Crippen LogP contribution in [0.25, 0.3) is 98.5 Å². The number of hydrogen-bond acceptors (Lipinski definition) is 0. The first-order valence-electron chi connectivity index (χ1n) is 17.9. The molecule has 11 aromatic rings. The largest absolute Gasteiger partial charge is 0.309 e. The Balaban J connectivity index is 1.17. The molecule has 246 valence electrons. The van der Waals surface area contributed by atoms with Crippen LogP contribution in [0.3, 0.4) is 0 Å². The monoisotopic (exact) mass is 674 g/mol. The zero-order valence-corrected chi connectivity index (χ0v) is 28.6. The number of nitrogens with zero attached hydrogens (tertiary/aromatic N) is 4. The van der Waals surface area contributed by atoms with Gasteiger partial charge in [-0.3, -0.25) is 0 Å². The molecule has 53 heavy (non-hydrogen) atoms. The molecule has 0 aliphatic carbocycles. The first kappa shape index (κ1) is 29.4. The van der Waals surface area contributed by atoms with Gasteiger partial charge in [-0.05, 0) is 89.3 Å². The topological polar surface area (TPSA) is 19.1 Å². The highest BCUT2D eigenvalue weighted by molar-refractivity contribution is 6.26. The summed E-state index contributed by atoms with van der Waals surface area (Å²) in [5.41, 5.74) is 13.2. The van der Waals surface area contributed by atoms with Gasteiger partial charge in [0.25, 0.3) is 0 Å². The molecule has 0 saturated heterocycles. The van der Waals surface area contributed by atoms with Crippen LogP contribution in [0.5, 0.6) is 0 Å². The van der Waals surface area contributed by atoms with Crippen LogP contribution in [0.1, 0.15) is 0 Å². The summed E-state index contributed by atoms with van der Waals surface area (Å²) in [6.07, 6.45) is 0. The SMILES string of the molecule is [C-]#[N+]c1ccc2c(c1)c1ccc3c(c4ccccc4n3-c3ccccc3)c1n2-c1cccc(-c2cccc(-n3c4ccccc4c4ccccc43)c2)c1. The van der Waals surface area contributed by atoms with Gasteiger partial charge >= 0.3 is 0 Å². The van der Waals surface area contributed by atoms with E-state index in [0.717, 1.165) is 61.0 Å². The fourth-order valence-corrected chi connectivity index (χ4v) is 8.59. The molecule has 0 aliphatic rings. The first-order valence-corrected chi connectivity index (χ1v) is 17.9. The number of benzene rings is 8. The molecule has 0 N–H and O–H groups in total. The van der Waals surface area contributed by atoms with Crippen LogP contribution in [-0.4, -0.2) is 13.7 Å². The Morgan fingerprint density at radius 2 is 0.849 bits per heavy atom. The van der Waals surface area contributed by atoms with E-state index in [9.17, 15) is 0 Å². The van der Waals surface area contributed by atoms with E-state index in [2.05, 4.69) is 188 Å². The molecular weight excluding hydrogens is 645 g/mol. The Hall–Kier alpha value is -7.35. The molecule has 3 aromatic heterocycles. The number of hydrogen-bond donors (Lipinski definition) is 0. The van der Waals surface area contributed by atoms with Gasteiger partial charge in [-0.2, -0.15) is 0 Å². The van der Waals surface area contributed by atoms with Crippen molar-refractivity contribution < 1.29 is 0 Å². The Kier molecular flexibility index (Phi) is 6.28. The summed E-state index contributed by atoms with van der Waals surface area (Å²) in [7, 11) is 0. The van der Waals surface area contributed by atoms with Crippen LogP contribution in [0.15, 0.2) is 182 Å². The molecule has 0 unspecified atom stereocenters. The average Bonchev–Trinajstić information content (AvgIpc) is 3.87. The molecule has 0 bridgehead atoms. The van der Waals surface area contributed by atoms with Gasteiger partial charge < -0.3 is 13.7 Å². The molecule has 4 nitrogen and oxygen atoms in total. The van der Waals surface area contributed by atoms with Crippen molar-refractivity contribution in [3.63, 3.8) is 0 Å². The van der Waals surface area contributed by atoms with Crippen LogP contribution in [0.2, 0.25) is 0 Å². The van der Waals surface area contributed by atoms with Crippen LogP contribution in [-0.2, 0) is 0 Å². The Morgan fingerprint density at radius 3 is 1.51 bits per heavy atom. The van der Waals surface area contributed by atoms with E-state index in [4.69, 9.17) is 6.57 Å². The molecule has 0 aliphatic heterocycles. The molecule has 0 atom stereocenters. The molecule has 3 heterocycles. The third-order valence-electron chi connectivity index (χ3n) is 10.8. The van der Waals surface area contributed by atoms with Gasteiger partial charge in [0.15, 0.2) is 5.69 Å².